The molecule has 5 heteroatoms. The van der Waals surface area contributed by atoms with Crippen molar-refractivity contribution in [2.75, 3.05) is 6.61 Å². The van der Waals surface area contributed by atoms with E-state index in [1.807, 2.05) is 37.3 Å². The molecule has 3 aromatic carbocycles. The predicted molar refractivity (Wildman–Crippen MR) is 98.4 cm³/mol. The zero-order valence-electron chi connectivity index (χ0n) is 13.1. The van der Waals surface area contributed by atoms with Gasteiger partial charge in [0.25, 0.3) is 0 Å². The highest BCUT2D eigenvalue weighted by Gasteiger charge is 2.18. The topological polar surface area (TPSA) is 35.5 Å². The first-order valence-electron chi connectivity index (χ1n) is 7.76. The summed E-state index contributed by atoms with van der Waals surface area (Å²) in [4.78, 5) is 12.1. The molecule has 0 radical (unpaired) electrons. The Morgan fingerprint density at radius 1 is 1.00 bits per heavy atom. The summed E-state index contributed by atoms with van der Waals surface area (Å²) in [5.41, 5.74) is 0. The van der Waals surface area contributed by atoms with E-state index in [0.29, 0.717) is 33.2 Å². The lowest BCUT2D eigenvalue weighted by atomic mass is 10.0. The lowest BCUT2D eigenvalue weighted by Gasteiger charge is -2.14. The highest BCUT2D eigenvalue weighted by Crippen LogP contribution is 2.41. The third-order valence-electron chi connectivity index (χ3n) is 3.76. The molecule has 0 saturated carbocycles. The fraction of sp³-hybridized carbons (Fsp3) is 0.211. The number of rotatable bonds is 4. The van der Waals surface area contributed by atoms with E-state index in [2.05, 4.69) is 0 Å². The molecule has 0 bridgehead atoms. The smallest absolute Gasteiger partial charge is 0.434 e. The Kier molecular flexibility index (Phi) is 5.12. The van der Waals surface area contributed by atoms with Crippen molar-refractivity contribution >= 4 is 50.9 Å². The maximum absolute atomic E-state index is 12.1. The van der Waals surface area contributed by atoms with Gasteiger partial charge in [-0.15, -0.1) is 0 Å². The van der Waals surface area contributed by atoms with Gasteiger partial charge in [-0.25, -0.2) is 4.79 Å². The average molecular weight is 363 g/mol. The van der Waals surface area contributed by atoms with Crippen molar-refractivity contribution in [3.63, 3.8) is 0 Å². The average Bonchev–Trinajstić information content (AvgIpc) is 2.55. The van der Waals surface area contributed by atoms with E-state index >= 15 is 0 Å². The number of hydrogen-bond acceptors (Lipinski definition) is 3. The van der Waals surface area contributed by atoms with Crippen LogP contribution in [0.5, 0.6) is 5.75 Å². The van der Waals surface area contributed by atoms with Crippen LogP contribution in [0.4, 0.5) is 4.79 Å². The molecule has 0 spiro atoms. The van der Waals surface area contributed by atoms with Gasteiger partial charge in [0, 0.05) is 10.8 Å². The quantitative estimate of drug-likeness (QED) is 0.226. The molecule has 0 atom stereocenters. The van der Waals surface area contributed by atoms with Crippen LogP contribution >= 0.6 is 23.2 Å². The maximum atomic E-state index is 12.1. The molecular weight excluding hydrogens is 347 g/mol. The summed E-state index contributed by atoms with van der Waals surface area (Å²) in [5.74, 6) is 0.334. The Morgan fingerprint density at radius 3 is 2.12 bits per heavy atom. The van der Waals surface area contributed by atoms with Gasteiger partial charge in [-0.05, 0) is 35.4 Å². The van der Waals surface area contributed by atoms with E-state index in [-0.39, 0.29) is 0 Å². The molecule has 3 aromatic rings. The van der Waals surface area contributed by atoms with Crippen LogP contribution in [0, 0.1) is 0 Å². The standard InChI is InChI=1S/C19H16Cl2O3/c1-2-3-10-23-19(22)24-18-16-12(6-4-8-14(16)20)11-13-7-5-9-15(21)17(13)18/h4-9,11H,2-3,10H2,1H3. The third kappa shape index (κ3) is 3.28. The number of halogens is 2. The third-order valence-corrected chi connectivity index (χ3v) is 4.39. The van der Waals surface area contributed by atoms with Crippen LogP contribution in [0.3, 0.4) is 0 Å². The normalized spacial score (nSPS) is 11.0. The summed E-state index contributed by atoms with van der Waals surface area (Å²) in [5, 5.41) is 4.01. The van der Waals surface area contributed by atoms with E-state index in [4.69, 9.17) is 32.7 Å². The number of benzene rings is 3. The molecule has 0 aliphatic heterocycles. The maximum Gasteiger partial charge on any atom is 0.513 e. The molecule has 0 unspecified atom stereocenters. The summed E-state index contributed by atoms with van der Waals surface area (Å²) in [6.07, 6.45) is 0.965. The lowest BCUT2D eigenvalue weighted by molar-refractivity contribution is 0.0988. The van der Waals surface area contributed by atoms with Crippen LogP contribution in [0.2, 0.25) is 10.0 Å². The Balaban J connectivity index is 2.16. The molecule has 24 heavy (non-hydrogen) atoms. The van der Waals surface area contributed by atoms with Crippen molar-refractivity contribution < 1.29 is 14.3 Å². The van der Waals surface area contributed by atoms with Gasteiger partial charge >= 0.3 is 6.16 Å². The summed E-state index contributed by atoms with van der Waals surface area (Å²) in [7, 11) is 0. The molecule has 3 rings (SSSR count). The monoisotopic (exact) mass is 362 g/mol. The Bertz CT molecular complexity index is 846. The number of carbonyl (C=O) groups is 1. The number of hydrogen-bond donors (Lipinski definition) is 0. The van der Waals surface area contributed by atoms with Gasteiger partial charge in [-0.2, -0.15) is 0 Å². The summed E-state index contributed by atoms with van der Waals surface area (Å²) < 4.78 is 10.6. The minimum Gasteiger partial charge on any atom is -0.434 e. The first-order valence-corrected chi connectivity index (χ1v) is 8.51. The second kappa shape index (κ2) is 7.29. The van der Waals surface area contributed by atoms with Gasteiger partial charge in [0.05, 0.1) is 16.7 Å². The van der Waals surface area contributed by atoms with Crippen LogP contribution in [-0.4, -0.2) is 12.8 Å². The summed E-state index contributed by atoms with van der Waals surface area (Å²) in [6, 6.07) is 13.0. The van der Waals surface area contributed by atoms with Gasteiger partial charge in [0.1, 0.15) is 0 Å². The van der Waals surface area contributed by atoms with Gasteiger partial charge in [0.2, 0.25) is 0 Å². The minimum absolute atomic E-state index is 0.319. The second-order valence-electron chi connectivity index (χ2n) is 5.44. The number of carbonyl (C=O) groups excluding carboxylic acids is 1. The van der Waals surface area contributed by atoms with Gasteiger partial charge in [-0.3, -0.25) is 0 Å². The molecule has 0 N–H and O–H groups in total. The van der Waals surface area contributed by atoms with Crippen LogP contribution in [-0.2, 0) is 4.74 Å². The van der Waals surface area contributed by atoms with Crippen LogP contribution in [0.25, 0.3) is 21.5 Å². The molecule has 0 amide bonds. The fourth-order valence-corrected chi connectivity index (χ4v) is 3.14. The highest BCUT2D eigenvalue weighted by molar-refractivity contribution is 6.39. The van der Waals surface area contributed by atoms with Crippen molar-refractivity contribution in [3.05, 3.63) is 52.5 Å². The molecular formula is C19H16Cl2O3. The van der Waals surface area contributed by atoms with Crippen molar-refractivity contribution in [3.8, 4) is 5.75 Å². The van der Waals surface area contributed by atoms with Crippen LogP contribution in [0.15, 0.2) is 42.5 Å². The van der Waals surface area contributed by atoms with Crippen molar-refractivity contribution in [1.29, 1.82) is 0 Å². The summed E-state index contributed by atoms with van der Waals surface area (Å²) >= 11 is 12.7. The van der Waals surface area contributed by atoms with E-state index < -0.39 is 6.16 Å². The SMILES string of the molecule is CCCCOC(=O)Oc1c2c(Cl)cccc2cc2cccc(Cl)c12. The first kappa shape index (κ1) is 16.9. The van der Waals surface area contributed by atoms with Crippen LogP contribution < -0.4 is 4.74 Å². The molecule has 124 valence electrons. The Labute approximate surface area is 150 Å². The van der Waals surface area contributed by atoms with E-state index in [9.17, 15) is 4.79 Å². The van der Waals surface area contributed by atoms with Gasteiger partial charge in [0.15, 0.2) is 5.75 Å². The van der Waals surface area contributed by atoms with Gasteiger partial charge < -0.3 is 9.47 Å². The zero-order chi connectivity index (χ0) is 17.1. The molecule has 0 heterocycles. The van der Waals surface area contributed by atoms with Crippen molar-refractivity contribution in [2.24, 2.45) is 0 Å². The van der Waals surface area contributed by atoms with Crippen molar-refractivity contribution in [2.45, 2.75) is 19.8 Å². The van der Waals surface area contributed by atoms with Gasteiger partial charge in [-0.1, -0.05) is 60.8 Å². The van der Waals surface area contributed by atoms with E-state index in [1.54, 1.807) is 12.1 Å². The first-order chi connectivity index (χ1) is 11.6. The zero-order valence-corrected chi connectivity index (χ0v) is 14.7. The fourth-order valence-electron chi connectivity index (χ4n) is 2.61. The molecule has 0 aliphatic carbocycles. The number of ether oxygens (including phenoxy) is 2. The molecule has 0 aliphatic rings. The molecule has 0 saturated heterocycles. The second-order valence-corrected chi connectivity index (χ2v) is 6.25. The Hall–Kier alpha value is -1.97. The lowest BCUT2D eigenvalue weighted by Crippen LogP contribution is -2.12. The predicted octanol–water partition coefficient (Wildman–Crippen LogP) is 6.62. The molecule has 0 fully saturated rings. The minimum atomic E-state index is -0.753. The largest absolute Gasteiger partial charge is 0.513 e. The molecule has 3 nitrogen and oxygen atoms in total. The molecule has 0 aromatic heterocycles. The van der Waals surface area contributed by atoms with Crippen molar-refractivity contribution in [1.82, 2.24) is 0 Å². The number of unbranched alkanes of at least 4 members (excludes halogenated alkanes) is 1. The highest BCUT2D eigenvalue weighted by atomic mass is 35.5. The summed E-state index contributed by atoms with van der Waals surface area (Å²) in [6.45, 7) is 2.34. The Morgan fingerprint density at radius 2 is 1.58 bits per heavy atom. The van der Waals surface area contributed by atoms with E-state index in [1.165, 1.54) is 0 Å². The van der Waals surface area contributed by atoms with E-state index in [0.717, 1.165) is 23.6 Å². The number of fused-ring (bicyclic) bond motifs is 2. The van der Waals surface area contributed by atoms with Crippen LogP contribution in [0.1, 0.15) is 19.8 Å².